The Bertz CT molecular complexity index is 700. The molecule has 2 aromatic carbocycles. The highest BCUT2D eigenvalue weighted by atomic mass is 35.5. The van der Waals surface area contributed by atoms with Crippen LogP contribution in [0.2, 0.25) is 0 Å². The third kappa shape index (κ3) is 3.81. The average Bonchev–Trinajstić information content (AvgIpc) is 2.63. The minimum atomic E-state index is -0.329. The Labute approximate surface area is 148 Å². The smallest absolute Gasteiger partial charge is 0.165 e. The summed E-state index contributed by atoms with van der Waals surface area (Å²) in [4.78, 5) is 0. The lowest BCUT2D eigenvalue weighted by Crippen LogP contribution is -2.11. The van der Waals surface area contributed by atoms with E-state index in [0.29, 0.717) is 11.8 Å². The number of rotatable bonds is 4. The molecule has 1 aliphatic rings. The molecule has 2 aromatic rings. The van der Waals surface area contributed by atoms with Crippen molar-refractivity contribution in [2.75, 3.05) is 7.11 Å². The second kappa shape index (κ2) is 7.85. The lowest BCUT2D eigenvalue weighted by molar-refractivity contribution is 0.376. The first-order valence-electron chi connectivity index (χ1n) is 8.42. The molecule has 0 radical (unpaired) electrons. The van der Waals surface area contributed by atoms with Crippen LogP contribution in [0.5, 0.6) is 5.75 Å². The quantitative estimate of drug-likeness (QED) is 0.612. The maximum Gasteiger partial charge on any atom is 0.165 e. The number of ether oxygens (including phenoxy) is 1. The summed E-state index contributed by atoms with van der Waals surface area (Å²) in [7, 11) is 1.48. The molecule has 0 N–H and O–H groups in total. The molecular formula is C21H22ClFO. The summed E-state index contributed by atoms with van der Waals surface area (Å²) < 4.78 is 18.8. The Morgan fingerprint density at radius 3 is 2.25 bits per heavy atom. The molecule has 126 valence electrons. The van der Waals surface area contributed by atoms with E-state index in [2.05, 4.69) is 30.3 Å². The number of benzene rings is 2. The van der Waals surface area contributed by atoms with Crippen molar-refractivity contribution in [2.45, 2.75) is 31.6 Å². The molecule has 1 fully saturated rings. The van der Waals surface area contributed by atoms with E-state index in [1.54, 1.807) is 11.6 Å². The van der Waals surface area contributed by atoms with Gasteiger partial charge in [-0.05, 0) is 66.3 Å². The van der Waals surface area contributed by atoms with Crippen molar-refractivity contribution in [2.24, 2.45) is 5.92 Å². The number of methoxy groups -OCH3 is 1. The van der Waals surface area contributed by atoms with Gasteiger partial charge in [-0.2, -0.15) is 0 Å². The summed E-state index contributed by atoms with van der Waals surface area (Å²) in [5.74, 6) is 1.19. The van der Waals surface area contributed by atoms with E-state index < -0.39 is 0 Å². The van der Waals surface area contributed by atoms with Gasteiger partial charge in [-0.25, -0.2) is 4.39 Å². The molecular weight excluding hydrogens is 323 g/mol. The van der Waals surface area contributed by atoms with Crippen LogP contribution >= 0.6 is 11.6 Å². The summed E-state index contributed by atoms with van der Waals surface area (Å²) in [6, 6.07) is 13.6. The second-order valence-corrected chi connectivity index (χ2v) is 6.65. The van der Waals surface area contributed by atoms with Crippen LogP contribution in [0.1, 0.15) is 37.2 Å². The first-order valence-corrected chi connectivity index (χ1v) is 8.85. The molecule has 3 rings (SSSR count). The largest absolute Gasteiger partial charge is 0.494 e. The van der Waals surface area contributed by atoms with Gasteiger partial charge in [0.1, 0.15) is 0 Å². The molecule has 1 aliphatic carbocycles. The zero-order valence-electron chi connectivity index (χ0n) is 13.8. The molecule has 0 bridgehead atoms. The van der Waals surface area contributed by atoms with Crippen molar-refractivity contribution in [3.8, 4) is 16.9 Å². The summed E-state index contributed by atoms with van der Waals surface area (Å²) in [5, 5.41) is 0. The van der Waals surface area contributed by atoms with Gasteiger partial charge in [0, 0.05) is 5.54 Å². The van der Waals surface area contributed by atoms with Gasteiger partial charge in [-0.1, -0.05) is 48.0 Å². The second-order valence-electron chi connectivity index (χ2n) is 6.40. The summed E-state index contributed by atoms with van der Waals surface area (Å²) in [6.07, 6.45) is 6.89. The predicted octanol–water partition coefficient (Wildman–Crippen LogP) is 6.53. The third-order valence-corrected chi connectivity index (χ3v) is 5.13. The van der Waals surface area contributed by atoms with Crippen LogP contribution in [-0.2, 0) is 0 Å². The van der Waals surface area contributed by atoms with Gasteiger partial charge in [-0.15, -0.1) is 0 Å². The fourth-order valence-electron chi connectivity index (χ4n) is 3.54. The number of hydrogen-bond donors (Lipinski definition) is 0. The normalized spacial score (nSPS) is 21.1. The first kappa shape index (κ1) is 17.0. The van der Waals surface area contributed by atoms with Crippen LogP contribution in [0.3, 0.4) is 0 Å². The number of hydrogen-bond acceptors (Lipinski definition) is 1. The maximum atomic E-state index is 13.9. The van der Waals surface area contributed by atoms with E-state index in [-0.39, 0.29) is 11.6 Å². The number of halogens is 2. The van der Waals surface area contributed by atoms with Crippen molar-refractivity contribution in [3.63, 3.8) is 0 Å². The Kier molecular flexibility index (Phi) is 5.57. The topological polar surface area (TPSA) is 9.23 Å². The van der Waals surface area contributed by atoms with Crippen LogP contribution in [0.25, 0.3) is 11.1 Å². The van der Waals surface area contributed by atoms with Gasteiger partial charge in [0.05, 0.1) is 7.11 Å². The van der Waals surface area contributed by atoms with Crippen LogP contribution < -0.4 is 4.74 Å². The molecule has 0 unspecified atom stereocenters. The van der Waals surface area contributed by atoms with Crippen molar-refractivity contribution < 1.29 is 9.13 Å². The molecule has 0 saturated heterocycles. The van der Waals surface area contributed by atoms with E-state index in [1.807, 2.05) is 6.07 Å². The summed E-state index contributed by atoms with van der Waals surface area (Å²) >= 11 is 5.68. The molecule has 24 heavy (non-hydrogen) atoms. The van der Waals surface area contributed by atoms with Crippen molar-refractivity contribution in [1.82, 2.24) is 0 Å². The molecule has 0 aliphatic heterocycles. The van der Waals surface area contributed by atoms with Crippen LogP contribution in [0, 0.1) is 11.7 Å². The van der Waals surface area contributed by atoms with Crippen molar-refractivity contribution >= 4 is 11.6 Å². The van der Waals surface area contributed by atoms with Gasteiger partial charge < -0.3 is 4.74 Å². The van der Waals surface area contributed by atoms with Gasteiger partial charge in [0.2, 0.25) is 0 Å². The molecule has 1 nitrogen and oxygen atoms in total. The van der Waals surface area contributed by atoms with E-state index in [0.717, 1.165) is 11.1 Å². The van der Waals surface area contributed by atoms with E-state index in [9.17, 15) is 4.39 Å². The fraction of sp³-hybridized carbons (Fsp3) is 0.333. The van der Waals surface area contributed by atoms with E-state index >= 15 is 0 Å². The monoisotopic (exact) mass is 344 g/mol. The van der Waals surface area contributed by atoms with Gasteiger partial charge in [0.15, 0.2) is 11.6 Å². The van der Waals surface area contributed by atoms with E-state index in [1.165, 1.54) is 44.4 Å². The Balaban J connectivity index is 1.71. The summed E-state index contributed by atoms with van der Waals surface area (Å²) in [5.41, 5.74) is 4.92. The molecule has 0 amide bonds. The zero-order chi connectivity index (χ0) is 16.9. The molecule has 3 heteroatoms. The molecule has 0 atom stereocenters. The average molecular weight is 345 g/mol. The van der Waals surface area contributed by atoms with E-state index in [4.69, 9.17) is 16.3 Å². The highest BCUT2D eigenvalue weighted by Gasteiger charge is 2.20. The van der Waals surface area contributed by atoms with Gasteiger partial charge in [0.25, 0.3) is 0 Å². The van der Waals surface area contributed by atoms with Crippen LogP contribution in [0.15, 0.2) is 54.1 Å². The lowest BCUT2D eigenvalue weighted by Gasteiger charge is -2.27. The Morgan fingerprint density at radius 1 is 1.00 bits per heavy atom. The molecule has 0 spiro atoms. The Morgan fingerprint density at radius 2 is 1.67 bits per heavy atom. The lowest BCUT2D eigenvalue weighted by atomic mass is 9.78. The molecule has 0 aromatic heterocycles. The third-order valence-electron chi connectivity index (χ3n) is 4.98. The number of allylic oxidation sites excluding steroid dienone is 1. The van der Waals surface area contributed by atoms with Gasteiger partial charge in [-0.3, -0.25) is 0 Å². The molecule has 0 heterocycles. The standard InChI is InChI=1S/C21H22ClFO/c1-24-21-11-10-19(14-20(21)23)18-8-6-17(7-9-18)16-4-2-15(3-5-16)12-13-22/h6-16H,2-5H2,1H3/b13-12+. The molecule has 1 saturated carbocycles. The minimum Gasteiger partial charge on any atom is -0.494 e. The first-order chi connectivity index (χ1) is 11.7. The maximum absolute atomic E-state index is 13.9. The van der Waals surface area contributed by atoms with Crippen LogP contribution in [0.4, 0.5) is 4.39 Å². The van der Waals surface area contributed by atoms with Crippen LogP contribution in [-0.4, -0.2) is 7.11 Å². The zero-order valence-corrected chi connectivity index (χ0v) is 14.6. The predicted molar refractivity (Wildman–Crippen MR) is 98.1 cm³/mol. The van der Waals surface area contributed by atoms with Crippen molar-refractivity contribution in [1.29, 1.82) is 0 Å². The van der Waals surface area contributed by atoms with Crippen molar-refractivity contribution in [3.05, 3.63) is 65.5 Å². The van der Waals surface area contributed by atoms with Gasteiger partial charge >= 0.3 is 0 Å². The Hall–Kier alpha value is -1.80. The highest BCUT2D eigenvalue weighted by molar-refractivity contribution is 6.25. The fourth-order valence-corrected chi connectivity index (χ4v) is 3.75. The SMILES string of the molecule is COc1ccc(-c2ccc(C3CCC(/C=C/Cl)CC3)cc2)cc1F. The highest BCUT2D eigenvalue weighted by Crippen LogP contribution is 2.37. The summed E-state index contributed by atoms with van der Waals surface area (Å²) in [6.45, 7) is 0. The minimum absolute atomic E-state index is 0.276.